The number of aliphatic hydroxyl groups excluding tert-OH is 1. The number of methoxy groups -OCH3 is 3. The number of ether oxygens (including phenoxy) is 3. The summed E-state index contributed by atoms with van der Waals surface area (Å²) in [6, 6.07) is 4.06. The monoisotopic (exact) mass is 470 g/mol. The fourth-order valence-corrected chi connectivity index (χ4v) is 9.77. The fourth-order valence-electron chi connectivity index (χ4n) is 9.77. The van der Waals surface area contributed by atoms with Crippen LogP contribution in [0.15, 0.2) is 12.1 Å². The lowest BCUT2D eigenvalue weighted by molar-refractivity contribution is -0.201. The predicted octanol–water partition coefficient (Wildman–Crippen LogP) is 5.47. The van der Waals surface area contributed by atoms with Crippen LogP contribution in [0, 0.1) is 34.5 Å². The molecular formula is C29H42O5. The van der Waals surface area contributed by atoms with E-state index in [1.165, 1.54) is 18.2 Å². The molecule has 34 heavy (non-hydrogen) atoms. The maximum atomic E-state index is 13.1. The second-order valence-corrected chi connectivity index (χ2v) is 12.3. The Morgan fingerprint density at radius 1 is 1.03 bits per heavy atom. The van der Waals surface area contributed by atoms with Gasteiger partial charge in [0.1, 0.15) is 11.5 Å². The van der Waals surface area contributed by atoms with Gasteiger partial charge in [-0.1, -0.05) is 27.2 Å². The molecule has 0 amide bonds. The van der Waals surface area contributed by atoms with E-state index in [0.717, 1.165) is 50.0 Å². The molecule has 5 heteroatoms. The van der Waals surface area contributed by atoms with E-state index in [1.54, 1.807) is 14.2 Å². The van der Waals surface area contributed by atoms with Crippen LogP contribution < -0.4 is 9.47 Å². The molecule has 6 rings (SSSR count). The number of benzene rings is 1. The van der Waals surface area contributed by atoms with Crippen molar-refractivity contribution in [2.75, 3.05) is 21.3 Å². The molecule has 5 nitrogen and oxygen atoms in total. The molecule has 8 atom stereocenters. The Bertz CT molecular complexity index is 987. The Kier molecular flexibility index (Phi) is 5.55. The fraction of sp³-hybridized carbons (Fsp3) is 0.759. The highest BCUT2D eigenvalue weighted by molar-refractivity contribution is 5.77. The van der Waals surface area contributed by atoms with Crippen LogP contribution in [0.3, 0.4) is 0 Å². The molecule has 1 spiro atoms. The number of carbonyl (C=O) groups excluding carboxylic acids is 1. The second kappa shape index (κ2) is 7.88. The first-order chi connectivity index (χ1) is 16.1. The van der Waals surface area contributed by atoms with Gasteiger partial charge >= 0.3 is 5.97 Å². The van der Waals surface area contributed by atoms with Crippen molar-refractivity contribution in [2.24, 2.45) is 34.5 Å². The van der Waals surface area contributed by atoms with Crippen molar-refractivity contribution in [3.8, 4) is 11.5 Å². The maximum absolute atomic E-state index is 13.1. The first kappa shape index (κ1) is 24.0. The van der Waals surface area contributed by atoms with Gasteiger partial charge in [0, 0.05) is 16.5 Å². The highest BCUT2D eigenvalue weighted by atomic mass is 16.5. The van der Waals surface area contributed by atoms with Gasteiger partial charge in [-0.2, -0.15) is 0 Å². The highest BCUT2D eigenvalue weighted by Gasteiger charge is 2.71. The van der Waals surface area contributed by atoms with Crippen molar-refractivity contribution < 1.29 is 24.1 Å². The largest absolute Gasteiger partial charge is 0.496 e. The van der Waals surface area contributed by atoms with E-state index in [9.17, 15) is 9.90 Å². The zero-order valence-corrected chi connectivity index (χ0v) is 21.9. The van der Waals surface area contributed by atoms with E-state index in [-0.39, 0.29) is 35.1 Å². The van der Waals surface area contributed by atoms with Crippen LogP contribution in [-0.2, 0) is 14.9 Å². The van der Waals surface area contributed by atoms with Gasteiger partial charge in [0.2, 0.25) is 0 Å². The van der Waals surface area contributed by atoms with Gasteiger partial charge < -0.3 is 19.3 Å². The molecule has 0 saturated heterocycles. The van der Waals surface area contributed by atoms with Crippen molar-refractivity contribution in [1.82, 2.24) is 0 Å². The van der Waals surface area contributed by atoms with Crippen LogP contribution in [0.4, 0.5) is 0 Å². The van der Waals surface area contributed by atoms with Gasteiger partial charge in [-0.15, -0.1) is 0 Å². The van der Waals surface area contributed by atoms with Gasteiger partial charge in [-0.3, -0.25) is 4.79 Å². The van der Waals surface area contributed by atoms with E-state index in [2.05, 4.69) is 27.7 Å². The molecule has 1 aromatic rings. The lowest BCUT2D eigenvalue weighted by Gasteiger charge is -2.70. The third kappa shape index (κ3) is 2.74. The maximum Gasteiger partial charge on any atom is 0.311 e. The minimum absolute atomic E-state index is 0.0492. The van der Waals surface area contributed by atoms with Crippen molar-refractivity contribution in [3.63, 3.8) is 0 Å². The van der Waals surface area contributed by atoms with Crippen LogP contribution in [0.2, 0.25) is 0 Å². The Labute approximate surface area is 204 Å². The van der Waals surface area contributed by atoms with Crippen molar-refractivity contribution in [1.29, 1.82) is 0 Å². The molecule has 1 N–H and O–H groups in total. The first-order valence-electron chi connectivity index (χ1n) is 13.1. The molecule has 3 saturated carbocycles. The second-order valence-electron chi connectivity index (χ2n) is 12.3. The SMILES string of the molecule is COC(=O)[C@@]1(C)CCC[C@]2(C)[C@H]1CC[C@@]13c4c(OC)ccc(OC)c4[C@H](C[C@@H]21)[C@@H](C(C)C)[C@H]3O. The van der Waals surface area contributed by atoms with Gasteiger partial charge in [-0.25, -0.2) is 0 Å². The summed E-state index contributed by atoms with van der Waals surface area (Å²) in [6.45, 7) is 9.03. The number of esters is 1. The normalized spacial score (nSPS) is 42.4. The van der Waals surface area contributed by atoms with Crippen LogP contribution >= 0.6 is 0 Å². The number of hydrogen-bond acceptors (Lipinski definition) is 5. The molecule has 1 aromatic carbocycles. The summed E-state index contributed by atoms with van der Waals surface area (Å²) in [7, 11) is 5.02. The molecule has 2 bridgehead atoms. The molecule has 5 aliphatic carbocycles. The van der Waals surface area contributed by atoms with Gasteiger partial charge in [0.05, 0.1) is 32.8 Å². The molecule has 0 aromatic heterocycles. The summed E-state index contributed by atoms with van der Waals surface area (Å²) >= 11 is 0. The first-order valence-corrected chi connectivity index (χ1v) is 13.1. The van der Waals surface area contributed by atoms with E-state index < -0.39 is 16.9 Å². The summed E-state index contributed by atoms with van der Waals surface area (Å²) in [5.74, 6) is 3.02. The van der Waals surface area contributed by atoms with Crippen LogP contribution in [-0.4, -0.2) is 38.5 Å². The minimum atomic E-state index is -0.469. The zero-order chi connectivity index (χ0) is 24.6. The lowest BCUT2D eigenvalue weighted by atomic mass is 9.34. The van der Waals surface area contributed by atoms with E-state index in [0.29, 0.717) is 5.92 Å². The Morgan fingerprint density at radius 2 is 1.71 bits per heavy atom. The Balaban J connectivity index is 1.75. The predicted molar refractivity (Wildman–Crippen MR) is 131 cm³/mol. The standard InChI is InChI=1S/C29H42O5/c1-16(2)22-17-15-21-27(3)12-8-13-28(4,26(31)34-7)20(27)11-14-29(21,25(22)30)24-19(33-6)10-9-18(32-5)23(17)24/h9-10,16-17,20-22,25,30H,8,11-15H2,1-7H3/t17-,20-,21+,22-,25-,27-,28+,29+/m1/s1. The molecule has 0 radical (unpaired) electrons. The van der Waals surface area contributed by atoms with Gasteiger partial charge in [-0.05, 0) is 86.2 Å². The van der Waals surface area contributed by atoms with Crippen LogP contribution in [0.5, 0.6) is 11.5 Å². The third-order valence-corrected chi connectivity index (χ3v) is 11.0. The number of rotatable bonds is 4. The molecule has 0 unspecified atom stereocenters. The van der Waals surface area contributed by atoms with Crippen LogP contribution in [0.25, 0.3) is 0 Å². The van der Waals surface area contributed by atoms with E-state index in [1.807, 2.05) is 12.1 Å². The molecular weight excluding hydrogens is 428 g/mol. The average Bonchev–Trinajstić information content (AvgIpc) is 2.82. The van der Waals surface area contributed by atoms with Crippen LogP contribution in [0.1, 0.15) is 83.3 Å². The molecule has 3 fully saturated rings. The number of hydrogen-bond donors (Lipinski definition) is 1. The number of aliphatic hydroxyl groups is 1. The third-order valence-electron chi connectivity index (χ3n) is 11.0. The minimum Gasteiger partial charge on any atom is -0.496 e. The smallest absolute Gasteiger partial charge is 0.311 e. The van der Waals surface area contributed by atoms with Crippen molar-refractivity contribution >= 4 is 5.97 Å². The quantitative estimate of drug-likeness (QED) is 0.591. The topological polar surface area (TPSA) is 65.0 Å². The molecule has 0 aliphatic heterocycles. The molecule has 5 aliphatic rings. The highest BCUT2D eigenvalue weighted by Crippen LogP contribution is 2.75. The Hall–Kier alpha value is -1.75. The summed E-state index contributed by atoms with van der Waals surface area (Å²) in [5, 5.41) is 12.2. The Morgan fingerprint density at radius 3 is 2.32 bits per heavy atom. The molecule has 188 valence electrons. The summed E-state index contributed by atoms with van der Waals surface area (Å²) in [4.78, 5) is 13.1. The summed E-state index contributed by atoms with van der Waals surface area (Å²) in [6.07, 6.45) is 5.34. The summed E-state index contributed by atoms with van der Waals surface area (Å²) in [5.41, 5.74) is 1.54. The van der Waals surface area contributed by atoms with Crippen molar-refractivity contribution in [2.45, 2.75) is 83.7 Å². The van der Waals surface area contributed by atoms with E-state index in [4.69, 9.17) is 14.2 Å². The zero-order valence-electron chi connectivity index (χ0n) is 21.9. The number of carbonyl (C=O) groups is 1. The summed E-state index contributed by atoms with van der Waals surface area (Å²) < 4.78 is 17.2. The van der Waals surface area contributed by atoms with Crippen molar-refractivity contribution in [3.05, 3.63) is 23.3 Å². The number of fused-ring (bicyclic) bond motifs is 2. The van der Waals surface area contributed by atoms with Gasteiger partial charge in [0.15, 0.2) is 0 Å². The lowest BCUT2D eigenvalue weighted by Crippen LogP contribution is -2.69. The average molecular weight is 471 g/mol. The van der Waals surface area contributed by atoms with E-state index >= 15 is 0 Å². The van der Waals surface area contributed by atoms with Gasteiger partial charge in [0.25, 0.3) is 0 Å². The molecule has 0 heterocycles.